The number of aromatic nitrogens is 4. The number of amides is 1. The Balaban J connectivity index is 1.19. The summed E-state index contributed by atoms with van der Waals surface area (Å²) in [6.45, 7) is 8.54. The molecule has 2 N–H and O–H groups in total. The van der Waals surface area contributed by atoms with Gasteiger partial charge in [-0.25, -0.2) is 14.3 Å². The number of rotatable bonds is 10. The van der Waals surface area contributed by atoms with E-state index in [1.807, 2.05) is 35.2 Å². The number of halogens is 3. The van der Waals surface area contributed by atoms with E-state index in [-0.39, 0.29) is 42.8 Å². The van der Waals surface area contributed by atoms with Crippen LogP contribution < -0.4 is 15.4 Å². The summed E-state index contributed by atoms with van der Waals surface area (Å²) in [5.74, 6) is -0.805. The Bertz CT molecular complexity index is 1910. The number of benzene rings is 2. The molecule has 0 saturated carbocycles. The lowest BCUT2D eigenvalue weighted by atomic mass is 9.76. The molecule has 2 saturated heterocycles. The van der Waals surface area contributed by atoms with Crippen LogP contribution in [0, 0.1) is 12.3 Å². The summed E-state index contributed by atoms with van der Waals surface area (Å²) in [5, 5.41) is 4.32. The van der Waals surface area contributed by atoms with Gasteiger partial charge in [0.2, 0.25) is 17.9 Å². The number of hydrogen-bond acceptors (Lipinski definition) is 10. The smallest absolute Gasteiger partial charge is 0.429 e. The van der Waals surface area contributed by atoms with Crippen LogP contribution in [0.2, 0.25) is 0 Å². The largest absolute Gasteiger partial charge is 0.464 e. The molecule has 0 aliphatic carbocycles. The standard InChI is InChI=1S/C37H40F3N7O5/c1-4-25-11-12-27(28(19-25)47-16-13-24(3)44-47)32(37(38,39)40)52-31-20-30(42-34(41)43-31)45-17-14-36(15-18-45)21-29(33(48)50-5-2)46(23-36)35(49)51-22-26-9-7-6-8-10-26/h4,6-13,16,19-20,29,32H,1,5,14-15,17-18,21-23H2,2-3H3,(H2,41,42,43)/t29-,32?/m0/s1. The Hall–Kier alpha value is -5.60. The Morgan fingerprint density at radius 1 is 1.08 bits per heavy atom. The van der Waals surface area contributed by atoms with E-state index in [4.69, 9.17) is 19.9 Å². The summed E-state index contributed by atoms with van der Waals surface area (Å²) in [7, 11) is 0. The normalized spacial score (nSPS) is 17.5. The van der Waals surface area contributed by atoms with Crippen LogP contribution in [0.3, 0.4) is 0 Å². The predicted octanol–water partition coefficient (Wildman–Crippen LogP) is 6.44. The molecule has 4 aromatic rings. The second-order valence-corrected chi connectivity index (χ2v) is 13.0. The molecule has 1 spiro atoms. The summed E-state index contributed by atoms with van der Waals surface area (Å²) in [6, 6.07) is 15.9. The maximum Gasteiger partial charge on any atom is 0.429 e. The number of nitrogens with zero attached hydrogens (tertiary/aromatic N) is 6. The van der Waals surface area contributed by atoms with Gasteiger partial charge in [0.25, 0.3) is 0 Å². The number of hydrogen-bond donors (Lipinski definition) is 1. The first-order valence-electron chi connectivity index (χ1n) is 16.9. The number of likely N-dealkylation sites (tertiary alicyclic amines) is 1. The second-order valence-electron chi connectivity index (χ2n) is 13.0. The van der Waals surface area contributed by atoms with E-state index >= 15 is 0 Å². The fourth-order valence-corrected chi connectivity index (χ4v) is 6.81. The van der Waals surface area contributed by atoms with Gasteiger partial charge in [0.1, 0.15) is 18.5 Å². The van der Waals surface area contributed by atoms with Crippen LogP contribution in [0.25, 0.3) is 11.8 Å². The maximum absolute atomic E-state index is 14.7. The van der Waals surface area contributed by atoms with Crippen LogP contribution >= 0.6 is 0 Å². The third-order valence-corrected chi connectivity index (χ3v) is 9.44. The highest BCUT2D eigenvalue weighted by Crippen LogP contribution is 2.45. The van der Waals surface area contributed by atoms with E-state index in [1.54, 1.807) is 32.2 Å². The lowest BCUT2D eigenvalue weighted by molar-refractivity contribution is -0.198. The van der Waals surface area contributed by atoms with Crippen molar-refractivity contribution in [1.29, 1.82) is 0 Å². The molecular weight excluding hydrogens is 679 g/mol. The highest BCUT2D eigenvalue weighted by Gasteiger charge is 2.51. The molecule has 2 aromatic heterocycles. The maximum atomic E-state index is 14.7. The number of anilines is 2. The molecule has 2 atom stereocenters. The third-order valence-electron chi connectivity index (χ3n) is 9.44. The van der Waals surface area contributed by atoms with Crippen molar-refractivity contribution in [3.05, 3.63) is 95.8 Å². The van der Waals surface area contributed by atoms with Gasteiger partial charge in [0.05, 0.1) is 18.0 Å². The molecule has 2 aliphatic heterocycles. The zero-order valence-corrected chi connectivity index (χ0v) is 28.9. The Labute approximate surface area is 299 Å². The van der Waals surface area contributed by atoms with E-state index in [0.29, 0.717) is 49.4 Å². The van der Waals surface area contributed by atoms with Crippen molar-refractivity contribution < 1.29 is 37.0 Å². The minimum Gasteiger partial charge on any atom is -0.464 e. The van der Waals surface area contributed by atoms with E-state index in [9.17, 15) is 22.8 Å². The Kier molecular flexibility index (Phi) is 10.4. The highest BCUT2D eigenvalue weighted by molar-refractivity contribution is 5.82. The van der Waals surface area contributed by atoms with Crippen molar-refractivity contribution in [1.82, 2.24) is 24.6 Å². The van der Waals surface area contributed by atoms with Crippen LogP contribution in [-0.4, -0.2) is 75.2 Å². The van der Waals surface area contributed by atoms with Gasteiger partial charge >= 0.3 is 18.2 Å². The summed E-state index contributed by atoms with van der Waals surface area (Å²) in [4.78, 5) is 37.9. The van der Waals surface area contributed by atoms with E-state index < -0.39 is 35.8 Å². The second kappa shape index (κ2) is 14.9. The summed E-state index contributed by atoms with van der Waals surface area (Å²) >= 11 is 0. The van der Waals surface area contributed by atoms with Crippen molar-refractivity contribution in [3.63, 3.8) is 0 Å². The molecule has 2 aromatic carbocycles. The third kappa shape index (κ3) is 7.98. The quantitative estimate of drug-likeness (QED) is 0.182. The molecule has 2 aliphatic rings. The lowest BCUT2D eigenvalue weighted by Gasteiger charge is -2.39. The highest BCUT2D eigenvalue weighted by atomic mass is 19.4. The Morgan fingerprint density at radius 3 is 2.48 bits per heavy atom. The van der Waals surface area contributed by atoms with Gasteiger partial charge < -0.3 is 24.8 Å². The number of nitrogens with two attached hydrogens (primary N) is 1. The zero-order chi connectivity index (χ0) is 37.0. The first-order chi connectivity index (χ1) is 24.9. The van der Waals surface area contributed by atoms with E-state index in [2.05, 4.69) is 21.6 Å². The number of aryl methyl sites for hydroxylation is 1. The van der Waals surface area contributed by atoms with Gasteiger partial charge in [-0.2, -0.15) is 28.2 Å². The van der Waals surface area contributed by atoms with Crippen molar-refractivity contribution in [3.8, 4) is 11.6 Å². The van der Waals surface area contributed by atoms with Crippen LogP contribution in [-0.2, 0) is 20.9 Å². The van der Waals surface area contributed by atoms with Crippen molar-refractivity contribution in [2.75, 3.05) is 36.9 Å². The van der Waals surface area contributed by atoms with Crippen molar-refractivity contribution >= 4 is 29.9 Å². The molecule has 0 radical (unpaired) electrons. The number of piperidine rings is 1. The predicted molar refractivity (Wildman–Crippen MR) is 187 cm³/mol. The van der Waals surface area contributed by atoms with Gasteiger partial charge in [-0.15, -0.1) is 0 Å². The Morgan fingerprint density at radius 2 is 1.83 bits per heavy atom. The molecule has 4 heterocycles. The SMILES string of the molecule is C=Cc1ccc(C(Oc2cc(N3CCC4(CC3)C[C@@H](C(=O)OCC)N(C(=O)OCc3ccccc3)C4)nc(N)n2)C(F)(F)F)c(-n2ccc(C)n2)c1. The number of ether oxygens (including phenoxy) is 3. The molecular formula is C37H40F3N7O5. The molecule has 274 valence electrons. The molecule has 12 nitrogen and oxygen atoms in total. The molecule has 0 bridgehead atoms. The molecule has 1 amide bonds. The first-order valence-corrected chi connectivity index (χ1v) is 16.9. The van der Waals surface area contributed by atoms with Crippen LogP contribution in [0.15, 0.2) is 73.4 Å². The molecule has 2 fully saturated rings. The summed E-state index contributed by atoms with van der Waals surface area (Å²) in [5.41, 5.74) is 7.65. The van der Waals surface area contributed by atoms with Gasteiger partial charge in [0, 0.05) is 37.5 Å². The van der Waals surface area contributed by atoms with Crippen molar-refractivity contribution in [2.45, 2.75) is 58.0 Å². The average molecular weight is 720 g/mol. The van der Waals surface area contributed by atoms with Gasteiger partial charge in [-0.1, -0.05) is 55.1 Å². The van der Waals surface area contributed by atoms with Gasteiger partial charge in [-0.3, -0.25) is 4.90 Å². The number of nitrogen functional groups attached to an aromatic ring is 1. The summed E-state index contributed by atoms with van der Waals surface area (Å²) < 4.78 is 62.1. The fraction of sp³-hybridized carbons (Fsp3) is 0.378. The molecule has 6 rings (SSSR count). The number of esters is 1. The molecule has 52 heavy (non-hydrogen) atoms. The summed E-state index contributed by atoms with van der Waals surface area (Å²) in [6.07, 6.45) is -3.25. The van der Waals surface area contributed by atoms with Crippen LogP contribution in [0.1, 0.15) is 54.7 Å². The average Bonchev–Trinajstić information content (AvgIpc) is 3.73. The lowest BCUT2D eigenvalue weighted by Crippen LogP contribution is -2.43. The zero-order valence-electron chi connectivity index (χ0n) is 28.9. The monoisotopic (exact) mass is 719 g/mol. The topological polar surface area (TPSA) is 138 Å². The number of carbonyl (C=O) groups excluding carboxylic acids is 2. The number of alkyl halides is 3. The molecule has 15 heteroatoms. The van der Waals surface area contributed by atoms with E-state index in [0.717, 1.165) is 5.56 Å². The van der Waals surface area contributed by atoms with Gasteiger partial charge in [0.15, 0.2) is 0 Å². The van der Waals surface area contributed by atoms with Gasteiger partial charge in [-0.05, 0) is 61.8 Å². The first kappa shape index (κ1) is 36.2. The fourth-order valence-electron chi connectivity index (χ4n) is 6.81. The van der Waals surface area contributed by atoms with Crippen molar-refractivity contribution in [2.24, 2.45) is 5.41 Å². The number of carbonyl (C=O) groups is 2. The van der Waals surface area contributed by atoms with Crippen LogP contribution in [0.5, 0.6) is 5.88 Å². The minimum atomic E-state index is -4.84. The van der Waals surface area contributed by atoms with E-state index in [1.165, 1.54) is 33.9 Å². The minimum absolute atomic E-state index is 0.0611. The molecule has 1 unspecified atom stereocenters. The van der Waals surface area contributed by atoms with Crippen LogP contribution in [0.4, 0.5) is 29.7 Å².